The van der Waals surface area contributed by atoms with Crippen molar-refractivity contribution < 1.29 is 4.79 Å². The van der Waals surface area contributed by atoms with Gasteiger partial charge in [0.15, 0.2) is 0 Å². The summed E-state index contributed by atoms with van der Waals surface area (Å²) < 4.78 is 0. The number of allylic oxidation sites excluding steroid dienone is 3. The third kappa shape index (κ3) is 1.38. The number of amides is 1. The van der Waals surface area contributed by atoms with Crippen molar-refractivity contribution in [3.63, 3.8) is 0 Å². The molecule has 1 fully saturated rings. The third-order valence-corrected chi connectivity index (χ3v) is 2.59. The second-order valence-corrected chi connectivity index (χ2v) is 3.33. The lowest BCUT2D eigenvalue weighted by molar-refractivity contribution is -0.121. The molecular formula is C12H13NO. The summed E-state index contributed by atoms with van der Waals surface area (Å²) in [7, 11) is 0. The lowest BCUT2D eigenvalue weighted by Crippen LogP contribution is -2.26. The summed E-state index contributed by atoms with van der Waals surface area (Å²) in [6.45, 7) is 7.26. The molecule has 0 aromatic heterocycles. The van der Waals surface area contributed by atoms with E-state index < -0.39 is 5.41 Å². The Kier molecular flexibility index (Phi) is 2.62. The van der Waals surface area contributed by atoms with Gasteiger partial charge in [0.2, 0.25) is 5.91 Å². The Morgan fingerprint density at radius 3 is 2.21 bits per heavy atom. The van der Waals surface area contributed by atoms with Crippen molar-refractivity contribution >= 4 is 5.91 Å². The standard InChI is InChI=1S/C12H13NO/c1-4-9(5-2)10(6-3)12(7-8-12)11(13)14/h1,5-6H,2-3,7-8H2,(H2,13,14)/b10-9+. The Hall–Kier alpha value is -1.75. The number of primary amides is 1. The van der Waals surface area contributed by atoms with Crippen LogP contribution >= 0.6 is 0 Å². The van der Waals surface area contributed by atoms with Crippen molar-refractivity contribution in [3.8, 4) is 12.3 Å². The number of terminal acetylenes is 1. The molecule has 2 N–H and O–H groups in total. The second-order valence-electron chi connectivity index (χ2n) is 3.33. The van der Waals surface area contributed by atoms with Crippen LogP contribution in [0.1, 0.15) is 12.8 Å². The molecule has 0 atom stereocenters. The largest absolute Gasteiger partial charge is 0.369 e. The van der Waals surface area contributed by atoms with Gasteiger partial charge in [0.1, 0.15) is 0 Å². The number of carbonyl (C=O) groups is 1. The minimum absolute atomic E-state index is 0.331. The third-order valence-electron chi connectivity index (χ3n) is 2.59. The van der Waals surface area contributed by atoms with E-state index in [9.17, 15) is 4.79 Å². The molecule has 0 unspecified atom stereocenters. The molecule has 1 aliphatic rings. The molecule has 72 valence electrons. The molecule has 2 nitrogen and oxygen atoms in total. The summed E-state index contributed by atoms with van der Waals surface area (Å²) in [6, 6.07) is 0. The average Bonchev–Trinajstić information content (AvgIpc) is 2.94. The van der Waals surface area contributed by atoms with Crippen molar-refractivity contribution in [1.29, 1.82) is 0 Å². The Bertz CT molecular complexity index is 364. The van der Waals surface area contributed by atoms with Gasteiger partial charge in [-0.2, -0.15) is 0 Å². The van der Waals surface area contributed by atoms with E-state index in [1.165, 1.54) is 0 Å². The van der Waals surface area contributed by atoms with E-state index in [-0.39, 0.29) is 5.91 Å². The van der Waals surface area contributed by atoms with Crippen LogP contribution in [0, 0.1) is 17.8 Å². The molecule has 0 aromatic carbocycles. The zero-order valence-corrected chi connectivity index (χ0v) is 8.05. The van der Waals surface area contributed by atoms with Gasteiger partial charge in [0, 0.05) is 5.57 Å². The zero-order valence-electron chi connectivity index (χ0n) is 8.05. The molecule has 1 aliphatic carbocycles. The van der Waals surface area contributed by atoms with Gasteiger partial charge < -0.3 is 5.73 Å². The van der Waals surface area contributed by atoms with Crippen LogP contribution in [0.5, 0.6) is 0 Å². The first-order valence-electron chi connectivity index (χ1n) is 4.38. The highest BCUT2D eigenvalue weighted by molar-refractivity contribution is 5.88. The number of hydrogen-bond donors (Lipinski definition) is 1. The highest BCUT2D eigenvalue weighted by Crippen LogP contribution is 2.53. The van der Waals surface area contributed by atoms with Gasteiger partial charge in [0.05, 0.1) is 5.41 Å². The molecule has 14 heavy (non-hydrogen) atoms. The van der Waals surface area contributed by atoms with Gasteiger partial charge in [-0.05, 0) is 18.4 Å². The van der Waals surface area contributed by atoms with Crippen LogP contribution < -0.4 is 5.73 Å². The Balaban J connectivity index is 3.23. The van der Waals surface area contributed by atoms with E-state index in [0.29, 0.717) is 5.57 Å². The van der Waals surface area contributed by atoms with Crippen LogP contribution in [-0.4, -0.2) is 5.91 Å². The summed E-state index contributed by atoms with van der Waals surface area (Å²) in [5.74, 6) is 2.15. The van der Waals surface area contributed by atoms with Crippen molar-refractivity contribution in [2.45, 2.75) is 12.8 Å². The quantitative estimate of drug-likeness (QED) is 0.526. The highest BCUT2D eigenvalue weighted by atomic mass is 16.1. The average molecular weight is 187 g/mol. The first-order valence-corrected chi connectivity index (χ1v) is 4.38. The molecule has 1 saturated carbocycles. The molecule has 2 heteroatoms. The summed E-state index contributed by atoms with van der Waals surface area (Å²) >= 11 is 0. The van der Waals surface area contributed by atoms with E-state index in [1.807, 2.05) is 0 Å². The van der Waals surface area contributed by atoms with Crippen LogP contribution in [0.2, 0.25) is 0 Å². The maximum absolute atomic E-state index is 11.3. The number of carbonyl (C=O) groups excluding carboxylic acids is 1. The van der Waals surface area contributed by atoms with Gasteiger partial charge in [-0.15, -0.1) is 6.42 Å². The Labute approximate surface area is 84.2 Å². The molecule has 0 aromatic rings. The fraction of sp³-hybridized carbons (Fsp3) is 0.250. The van der Waals surface area contributed by atoms with E-state index in [1.54, 1.807) is 12.2 Å². The summed E-state index contributed by atoms with van der Waals surface area (Å²) in [5.41, 5.74) is 6.11. The molecule has 1 rings (SSSR count). The molecule has 0 spiro atoms. The topological polar surface area (TPSA) is 43.1 Å². The normalized spacial score (nSPS) is 18.8. The number of hydrogen-bond acceptors (Lipinski definition) is 1. The molecule has 0 saturated heterocycles. The summed E-state index contributed by atoms with van der Waals surface area (Å²) in [4.78, 5) is 11.3. The first kappa shape index (κ1) is 10.3. The second kappa shape index (κ2) is 3.55. The van der Waals surface area contributed by atoms with Gasteiger partial charge in [-0.3, -0.25) is 4.79 Å². The summed E-state index contributed by atoms with van der Waals surface area (Å²) in [5, 5.41) is 0. The lowest BCUT2D eigenvalue weighted by Gasteiger charge is -2.13. The van der Waals surface area contributed by atoms with Crippen LogP contribution in [0.15, 0.2) is 36.5 Å². The molecule has 0 radical (unpaired) electrons. The SMILES string of the molecule is C#C/C(C=C)=C(/C=C)C1(C(N)=O)CC1. The predicted molar refractivity (Wildman–Crippen MR) is 57.1 cm³/mol. The van der Waals surface area contributed by atoms with E-state index >= 15 is 0 Å². The maximum atomic E-state index is 11.3. The monoisotopic (exact) mass is 187 g/mol. The van der Waals surface area contributed by atoms with Crippen molar-refractivity contribution in [2.75, 3.05) is 0 Å². The van der Waals surface area contributed by atoms with Crippen molar-refractivity contribution in [2.24, 2.45) is 11.1 Å². The molecule has 0 aliphatic heterocycles. The zero-order chi connectivity index (χ0) is 10.8. The Morgan fingerprint density at radius 1 is 1.43 bits per heavy atom. The predicted octanol–water partition coefficient (Wildman–Crippen LogP) is 1.55. The van der Waals surface area contributed by atoms with E-state index in [2.05, 4.69) is 19.1 Å². The fourth-order valence-corrected chi connectivity index (χ4v) is 1.58. The number of nitrogens with two attached hydrogens (primary N) is 1. The van der Waals surface area contributed by atoms with E-state index in [0.717, 1.165) is 18.4 Å². The number of rotatable bonds is 4. The maximum Gasteiger partial charge on any atom is 0.228 e. The van der Waals surface area contributed by atoms with Gasteiger partial charge in [-0.25, -0.2) is 0 Å². The molecule has 0 heterocycles. The molecule has 1 amide bonds. The van der Waals surface area contributed by atoms with Gasteiger partial charge >= 0.3 is 0 Å². The van der Waals surface area contributed by atoms with Crippen LogP contribution in [0.25, 0.3) is 0 Å². The van der Waals surface area contributed by atoms with Crippen molar-refractivity contribution in [3.05, 3.63) is 36.5 Å². The van der Waals surface area contributed by atoms with Crippen molar-refractivity contribution in [1.82, 2.24) is 0 Å². The molecular weight excluding hydrogens is 174 g/mol. The minimum atomic E-state index is -0.572. The van der Waals surface area contributed by atoms with Gasteiger partial charge in [0.25, 0.3) is 0 Å². The summed E-state index contributed by atoms with van der Waals surface area (Å²) in [6.07, 6.45) is 9.97. The van der Waals surface area contributed by atoms with Crippen LogP contribution in [0.3, 0.4) is 0 Å². The van der Waals surface area contributed by atoms with Gasteiger partial charge in [-0.1, -0.05) is 31.2 Å². The van der Waals surface area contributed by atoms with Crippen LogP contribution in [0.4, 0.5) is 0 Å². The molecule has 0 bridgehead atoms. The smallest absolute Gasteiger partial charge is 0.228 e. The Morgan fingerprint density at radius 2 is 2.00 bits per heavy atom. The fourth-order valence-electron chi connectivity index (χ4n) is 1.58. The first-order chi connectivity index (χ1) is 6.62. The minimum Gasteiger partial charge on any atom is -0.369 e. The lowest BCUT2D eigenvalue weighted by atomic mass is 9.90. The van der Waals surface area contributed by atoms with Crippen LogP contribution in [-0.2, 0) is 4.79 Å². The highest BCUT2D eigenvalue weighted by Gasteiger charge is 2.51. The van der Waals surface area contributed by atoms with E-state index in [4.69, 9.17) is 12.2 Å².